The van der Waals surface area contributed by atoms with Gasteiger partial charge in [-0.05, 0) is 18.2 Å². The van der Waals surface area contributed by atoms with E-state index in [0.29, 0.717) is 26.1 Å². The molecule has 0 unspecified atom stereocenters. The Kier molecular flexibility index (Phi) is 3.87. The molecule has 1 atom stereocenters. The first-order valence-corrected chi connectivity index (χ1v) is 5.07. The van der Waals surface area contributed by atoms with Crippen molar-refractivity contribution in [1.82, 2.24) is 4.90 Å². The largest absolute Gasteiger partial charge is 0.441 e. The van der Waals surface area contributed by atoms with Crippen LogP contribution in [0.5, 0.6) is 0 Å². The number of aliphatic hydroxyl groups is 1. The molecule has 1 aliphatic heterocycles. The van der Waals surface area contributed by atoms with Crippen LogP contribution in [0.4, 0.5) is 13.2 Å². The smallest absolute Gasteiger partial charge is 0.392 e. The first kappa shape index (κ1) is 11.1. The molecule has 0 saturated carbocycles. The fraction of sp³-hybridized carbons (Fsp3) is 1.00. The fourth-order valence-corrected chi connectivity index (χ4v) is 1.89. The molecule has 0 radical (unpaired) electrons. The van der Waals surface area contributed by atoms with Crippen LogP contribution in [0.3, 0.4) is 0 Å². The van der Waals surface area contributed by atoms with E-state index in [4.69, 9.17) is 5.11 Å². The minimum Gasteiger partial charge on any atom is -0.392 e. The SMILES string of the molecule is O[C@H]1CCN(CCSC(F)(F)F)C1. The van der Waals surface area contributed by atoms with E-state index in [1.807, 2.05) is 4.90 Å². The third-order valence-corrected chi connectivity index (χ3v) is 2.63. The van der Waals surface area contributed by atoms with Gasteiger partial charge < -0.3 is 5.11 Å². The molecule has 1 rings (SSSR count). The van der Waals surface area contributed by atoms with Crippen LogP contribution in [0.25, 0.3) is 0 Å². The Hall–Kier alpha value is 0.0600. The van der Waals surface area contributed by atoms with Crippen molar-refractivity contribution in [3.8, 4) is 0 Å². The highest BCUT2D eigenvalue weighted by Gasteiger charge is 2.28. The van der Waals surface area contributed by atoms with Crippen LogP contribution in [-0.2, 0) is 0 Å². The first-order chi connectivity index (χ1) is 5.97. The molecule has 0 aliphatic carbocycles. The molecule has 1 aliphatic rings. The summed E-state index contributed by atoms with van der Waals surface area (Å²) in [6.45, 7) is 1.62. The Morgan fingerprint density at radius 1 is 1.46 bits per heavy atom. The molecule has 1 saturated heterocycles. The molecular weight excluding hydrogens is 203 g/mol. The second-order valence-corrected chi connectivity index (χ2v) is 4.20. The van der Waals surface area contributed by atoms with Gasteiger partial charge in [0.05, 0.1) is 6.10 Å². The van der Waals surface area contributed by atoms with Crippen LogP contribution in [-0.4, -0.2) is 47.0 Å². The molecule has 1 heterocycles. The summed E-state index contributed by atoms with van der Waals surface area (Å²) in [5.41, 5.74) is -4.13. The monoisotopic (exact) mass is 215 g/mol. The topological polar surface area (TPSA) is 23.5 Å². The van der Waals surface area contributed by atoms with E-state index >= 15 is 0 Å². The molecule has 0 aromatic heterocycles. The van der Waals surface area contributed by atoms with Crippen molar-refractivity contribution in [1.29, 1.82) is 0 Å². The maximum atomic E-state index is 11.7. The average molecular weight is 215 g/mol. The highest BCUT2D eigenvalue weighted by atomic mass is 32.2. The minimum absolute atomic E-state index is 0.00165. The average Bonchev–Trinajstić information content (AvgIpc) is 2.33. The third kappa shape index (κ3) is 4.73. The van der Waals surface area contributed by atoms with Crippen LogP contribution < -0.4 is 0 Å². The number of alkyl halides is 3. The molecule has 0 aromatic rings. The van der Waals surface area contributed by atoms with Gasteiger partial charge in [-0.3, -0.25) is 4.90 Å². The molecule has 78 valence electrons. The van der Waals surface area contributed by atoms with Crippen molar-refractivity contribution < 1.29 is 18.3 Å². The summed E-state index contributed by atoms with van der Waals surface area (Å²) in [5.74, 6) is 0.0518. The number of thioether (sulfide) groups is 1. The number of halogens is 3. The number of β-amino-alcohol motifs (C(OH)–C–C–N with tert-alkyl or cyclic N) is 1. The highest BCUT2D eigenvalue weighted by Crippen LogP contribution is 2.30. The number of aliphatic hydroxyl groups excluding tert-OH is 1. The molecule has 13 heavy (non-hydrogen) atoms. The second kappa shape index (κ2) is 4.52. The van der Waals surface area contributed by atoms with Crippen molar-refractivity contribution in [2.24, 2.45) is 0 Å². The number of rotatable bonds is 3. The lowest BCUT2D eigenvalue weighted by Gasteiger charge is -2.14. The van der Waals surface area contributed by atoms with E-state index in [1.165, 1.54) is 0 Å². The lowest BCUT2D eigenvalue weighted by molar-refractivity contribution is -0.0328. The molecule has 1 N–H and O–H groups in total. The minimum atomic E-state index is -4.13. The summed E-state index contributed by atoms with van der Waals surface area (Å²) in [6.07, 6.45) is 0.326. The molecule has 0 amide bonds. The van der Waals surface area contributed by atoms with Crippen molar-refractivity contribution in [3.63, 3.8) is 0 Å². The van der Waals surface area contributed by atoms with E-state index in [9.17, 15) is 13.2 Å². The van der Waals surface area contributed by atoms with Crippen LogP contribution in [0.1, 0.15) is 6.42 Å². The molecule has 2 nitrogen and oxygen atoms in total. The molecular formula is C7H12F3NOS. The first-order valence-electron chi connectivity index (χ1n) is 4.08. The molecule has 1 fully saturated rings. The van der Waals surface area contributed by atoms with Gasteiger partial charge in [0.2, 0.25) is 0 Å². The summed E-state index contributed by atoms with van der Waals surface area (Å²) < 4.78 is 35.1. The maximum absolute atomic E-state index is 11.7. The predicted molar refractivity (Wildman–Crippen MR) is 45.6 cm³/mol. The van der Waals surface area contributed by atoms with Crippen LogP contribution in [0.2, 0.25) is 0 Å². The number of hydrogen-bond acceptors (Lipinski definition) is 3. The summed E-state index contributed by atoms with van der Waals surface area (Å²) in [6, 6.07) is 0. The van der Waals surface area contributed by atoms with E-state index in [2.05, 4.69) is 0 Å². The zero-order chi connectivity index (χ0) is 9.90. The van der Waals surface area contributed by atoms with Gasteiger partial charge in [-0.25, -0.2) is 0 Å². The van der Waals surface area contributed by atoms with Crippen LogP contribution >= 0.6 is 11.8 Å². The van der Waals surface area contributed by atoms with Gasteiger partial charge in [-0.2, -0.15) is 13.2 Å². The Bertz CT molecular complexity index is 164. The van der Waals surface area contributed by atoms with Gasteiger partial charge in [0.15, 0.2) is 0 Å². The molecule has 0 aromatic carbocycles. The number of likely N-dealkylation sites (tertiary alicyclic amines) is 1. The summed E-state index contributed by atoms with van der Waals surface area (Å²) in [7, 11) is 0. The van der Waals surface area contributed by atoms with Gasteiger partial charge in [-0.1, -0.05) is 0 Å². The normalized spacial score (nSPS) is 25.4. The van der Waals surface area contributed by atoms with Gasteiger partial charge >= 0.3 is 5.51 Å². The van der Waals surface area contributed by atoms with Crippen LogP contribution in [0, 0.1) is 0 Å². The highest BCUT2D eigenvalue weighted by molar-refractivity contribution is 8.00. The standard InChI is InChI=1S/C7H12F3NOS/c8-7(9,10)13-4-3-11-2-1-6(12)5-11/h6,12H,1-5H2/t6-/m0/s1. The number of hydrogen-bond donors (Lipinski definition) is 1. The third-order valence-electron chi connectivity index (χ3n) is 1.92. The zero-order valence-corrected chi connectivity index (χ0v) is 7.87. The van der Waals surface area contributed by atoms with Crippen molar-refractivity contribution in [3.05, 3.63) is 0 Å². The van der Waals surface area contributed by atoms with E-state index in [0.717, 1.165) is 0 Å². The summed E-state index contributed by atoms with van der Waals surface area (Å²) >= 11 is -0.00165. The molecule has 0 bridgehead atoms. The van der Waals surface area contributed by atoms with Crippen molar-refractivity contribution >= 4 is 11.8 Å². The van der Waals surface area contributed by atoms with Gasteiger partial charge in [0, 0.05) is 25.4 Å². The van der Waals surface area contributed by atoms with Crippen molar-refractivity contribution in [2.45, 2.75) is 18.0 Å². The maximum Gasteiger partial charge on any atom is 0.441 e. The zero-order valence-electron chi connectivity index (χ0n) is 7.05. The van der Waals surface area contributed by atoms with E-state index in [-0.39, 0.29) is 23.6 Å². The fourth-order valence-electron chi connectivity index (χ4n) is 1.31. The van der Waals surface area contributed by atoms with Crippen molar-refractivity contribution in [2.75, 3.05) is 25.4 Å². The molecule has 0 spiro atoms. The Labute approximate surface area is 79.1 Å². The number of nitrogens with zero attached hydrogens (tertiary/aromatic N) is 1. The van der Waals surface area contributed by atoms with E-state index in [1.54, 1.807) is 0 Å². The molecule has 6 heteroatoms. The quantitative estimate of drug-likeness (QED) is 0.767. The van der Waals surface area contributed by atoms with Gasteiger partial charge in [0.25, 0.3) is 0 Å². The summed E-state index contributed by atoms with van der Waals surface area (Å²) in [5, 5.41) is 9.09. The second-order valence-electron chi connectivity index (χ2n) is 3.04. The van der Waals surface area contributed by atoms with Gasteiger partial charge in [0.1, 0.15) is 0 Å². The summed E-state index contributed by atoms with van der Waals surface area (Å²) in [4.78, 5) is 1.85. The Morgan fingerprint density at radius 3 is 2.62 bits per heavy atom. The Morgan fingerprint density at radius 2 is 2.15 bits per heavy atom. The van der Waals surface area contributed by atoms with E-state index < -0.39 is 5.51 Å². The predicted octanol–water partition coefficient (Wildman–Crippen LogP) is 1.31. The lowest BCUT2D eigenvalue weighted by atomic mass is 10.3. The van der Waals surface area contributed by atoms with Gasteiger partial charge in [-0.15, -0.1) is 0 Å². The Balaban J connectivity index is 2.07. The lowest BCUT2D eigenvalue weighted by Crippen LogP contribution is -2.25. The van der Waals surface area contributed by atoms with Crippen LogP contribution in [0.15, 0.2) is 0 Å².